The monoisotopic (exact) mass is 267 g/mol. The van der Waals surface area contributed by atoms with Crippen molar-refractivity contribution in [3.8, 4) is 11.8 Å². The third-order valence-electron chi connectivity index (χ3n) is 3.07. The zero-order valence-electron chi connectivity index (χ0n) is 12.2. The topological polar surface area (TPSA) is 58.6 Å². The summed E-state index contributed by atoms with van der Waals surface area (Å²) in [6.07, 6.45) is 4.68. The molecule has 108 valence electrons. The molecule has 1 aliphatic carbocycles. The van der Waals surface area contributed by atoms with E-state index in [2.05, 4.69) is 17.2 Å². The highest BCUT2D eigenvalue weighted by Crippen LogP contribution is 2.25. The number of alkyl carbamates (subject to hydrolysis) is 1. The fourth-order valence-electron chi connectivity index (χ4n) is 2.15. The fraction of sp³-hybridized carbons (Fsp3) is 0.800. The molecule has 0 aromatic heterocycles. The Morgan fingerprint density at radius 3 is 2.58 bits per heavy atom. The van der Waals surface area contributed by atoms with Crippen molar-refractivity contribution in [3.63, 3.8) is 0 Å². The van der Waals surface area contributed by atoms with Crippen LogP contribution in [0.4, 0.5) is 4.79 Å². The van der Waals surface area contributed by atoms with Crippen LogP contribution in [0, 0.1) is 17.8 Å². The molecule has 1 saturated carbocycles. The first-order chi connectivity index (χ1) is 8.88. The van der Waals surface area contributed by atoms with Gasteiger partial charge in [-0.1, -0.05) is 31.1 Å². The first-order valence-electron chi connectivity index (χ1n) is 7.02. The van der Waals surface area contributed by atoms with Gasteiger partial charge in [0.15, 0.2) is 0 Å². The van der Waals surface area contributed by atoms with Crippen LogP contribution < -0.4 is 5.32 Å². The summed E-state index contributed by atoms with van der Waals surface area (Å²) in [5, 5.41) is 12.5. The largest absolute Gasteiger partial charge is 0.444 e. The van der Waals surface area contributed by atoms with Gasteiger partial charge in [0.2, 0.25) is 0 Å². The van der Waals surface area contributed by atoms with Crippen LogP contribution in [-0.4, -0.2) is 29.4 Å². The van der Waals surface area contributed by atoms with Crippen molar-refractivity contribution < 1.29 is 14.6 Å². The molecule has 1 atom stereocenters. The van der Waals surface area contributed by atoms with Gasteiger partial charge in [0.25, 0.3) is 0 Å². The van der Waals surface area contributed by atoms with Crippen molar-refractivity contribution in [1.29, 1.82) is 0 Å². The molecular weight excluding hydrogens is 242 g/mol. The van der Waals surface area contributed by atoms with E-state index in [-0.39, 0.29) is 6.54 Å². The molecule has 0 aliphatic heterocycles. The highest BCUT2D eigenvalue weighted by atomic mass is 16.6. The number of rotatable bonds is 2. The van der Waals surface area contributed by atoms with Crippen molar-refractivity contribution >= 4 is 6.09 Å². The minimum Gasteiger partial charge on any atom is -0.444 e. The van der Waals surface area contributed by atoms with Crippen LogP contribution in [0.25, 0.3) is 0 Å². The Kier molecular flexibility index (Phi) is 6.17. The molecule has 19 heavy (non-hydrogen) atoms. The summed E-state index contributed by atoms with van der Waals surface area (Å²) in [4.78, 5) is 11.3. The SMILES string of the molecule is CC(C)(C)OC(=O)NCC#CC(O)C1CCCCC1. The minimum absolute atomic E-state index is 0.207. The standard InChI is InChI=1S/C15H25NO3/c1-15(2,3)19-14(18)16-11-7-10-13(17)12-8-5-4-6-9-12/h12-13,17H,4-6,8-9,11H2,1-3H3,(H,16,18). The zero-order chi connectivity index (χ0) is 14.3. The van der Waals surface area contributed by atoms with Crippen molar-refractivity contribution in [2.45, 2.75) is 64.6 Å². The maximum Gasteiger partial charge on any atom is 0.408 e. The Balaban J connectivity index is 2.25. The Morgan fingerprint density at radius 2 is 2.00 bits per heavy atom. The molecule has 0 bridgehead atoms. The van der Waals surface area contributed by atoms with Crippen molar-refractivity contribution in [2.75, 3.05) is 6.54 Å². The molecule has 2 N–H and O–H groups in total. The van der Waals surface area contributed by atoms with Crippen LogP contribution in [0.5, 0.6) is 0 Å². The highest BCUT2D eigenvalue weighted by molar-refractivity contribution is 5.67. The van der Waals surface area contributed by atoms with Gasteiger partial charge in [0, 0.05) is 0 Å². The quantitative estimate of drug-likeness (QED) is 0.756. The summed E-state index contributed by atoms with van der Waals surface area (Å²) in [5.74, 6) is 5.89. The van der Waals surface area contributed by atoms with Crippen LogP contribution in [0.1, 0.15) is 52.9 Å². The van der Waals surface area contributed by atoms with E-state index < -0.39 is 17.8 Å². The van der Waals surface area contributed by atoms with E-state index in [1.165, 1.54) is 19.3 Å². The van der Waals surface area contributed by atoms with E-state index in [1.54, 1.807) is 0 Å². The average Bonchev–Trinajstić information content (AvgIpc) is 2.33. The van der Waals surface area contributed by atoms with Gasteiger partial charge < -0.3 is 15.2 Å². The van der Waals surface area contributed by atoms with Crippen LogP contribution in [0.15, 0.2) is 0 Å². The molecule has 0 radical (unpaired) electrons. The lowest BCUT2D eigenvalue weighted by Crippen LogP contribution is -2.32. The van der Waals surface area contributed by atoms with Crippen molar-refractivity contribution in [1.82, 2.24) is 5.32 Å². The molecule has 0 saturated heterocycles. The summed E-state index contributed by atoms with van der Waals surface area (Å²) in [6.45, 7) is 5.64. The van der Waals surface area contributed by atoms with Crippen molar-refractivity contribution in [2.24, 2.45) is 5.92 Å². The Morgan fingerprint density at radius 1 is 1.37 bits per heavy atom. The predicted molar refractivity (Wildman–Crippen MR) is 74.6 cm³/mol. The molecule has 4 nitrogen and oxygen atoms in total. The highest BCUT2D eigenvalue weighted by Gasteiger charge is 2.19. The molecule has 1 amide bonds. The van der Waals surface area contributed by atoms with Gasteiger partial charge in [-0.15, -0.1) is 0 Å². The molecule has 1 aliphatic rings. The summed E-state index contributed by atoms with van der Waals surface area (Å²) >= 11 is 0. The minimum atomic E-state index is -0.569. The molecule has 4 heteroatoms. The van der Waals surface area contributed by atoms with E-state index in [4.69, 9.17) is 4.74 Å². The average molecular weight is 267 g/mol. The normalized spacial score (nSPS) is 18.1. The maximum absolute atomic E-state index is 11.3. The number of hydrogen-bond acceptors (Lipinski definition) is 3. The van der Waals surface area contributed by atoms with Gasteiger partial charge in [0.05, 0.1) is 6.54 Å². The van der Waals surface area contributed by atoms with Gasteiger partial charge in [0.1, 0.15) is 11.7 Å². The Hall–Kier alpha value is -1.21. The lowest BCUT2D eigenvalue weighted by molar-refractivity contribution is 0.0535. The van der Waals surface area contributed by atoms with E-state index in [9.17, 15) is 9.90 Å². The van der Waals surface area contributed by atoms with Gasteiger partial charge >= 0.3 is 6.09 Å². The predicted octanol–water partition coefficient (Wildman–Crippen LogP) is 2.46. The summed E-state index contributed by atoms with van der Waals surface area (Å²) in [6, 6.07) is 0. The van der Waals surface area contributed by atoms with E-state index >= 15 is 0 Å². The summed E-state index contributed by atoms with van der Waals surface area (Å²) in [5.41, 5.74) is -0.501. The van der Waals surface area contributed by atoms with Crippen LogP contribution in [0.2, 0.25) is 0 Å². The number of aliphatic hydroxyl groups is 1. The van der Waals surface area contributed by atoms with Crippen LogP contribution in [-0.2, 0) is 4.74 Å². The molecule has 0 spiro atoms. The second-order valence-electron chi connectivity index (χ2n) is 6.02. The molecular formula is C15H25NO3. The number of carbonyl (C=O) groups is 1. The van der Waals surface area contributed by atoms with Crippen molar-refractivity contribution in [3.05, 3.63) is 0 Å². The van der Waals surface area contributed by atoms with E-state index in [0.29, 0.717) is 5.92 Å². The van der Waals surface area contributed by atoms with Crippen LogP contribution in [0.3, 0.4) is 0 Å². The Labute approximate surface area is 115 Å². The number of aliphatic hydroxyl groups excluding tert-OH is 1. The van der Waals surface area contributed by atoms with Gasteiger partial charge in [-0.05, 0) is 39.5 Å². The van der Waals surface area contributed by atoms with E-state index in [0.717, 1.165) is 12.8 Å². The number of amides is 1. The zero-order valence-corrected chi connectivity index (χ0v) is 12.2. The molecule has 1 fully saturated rings. The molecule has 1 unspecified atom stereocenters. The number of carbonyl (C=O) groups excluding carboxylic acids is 1. The number of ether oxygens (including phenoxy) is 1. The molecule has 1 rings (SSSR count). The summed E-state index contributed by atoms with van der Waals surface area (Å²) in [7, 11) is 0. The van der Waals surface area contributed by atoms with Crippen LogP contribution >= 0.6 is 0 Å². The third-order valence-corrected chi connectivity index (χ3v) is 3.07. The lowest BCUT2D eigenvalue weighted by atomic mass is 9.85. The van der Waals surface area contributed by atoms with Gasteiger partial charge in [-0.3, -0.25) is 0 Å². The molecule has 0 heterocycles. The third kappa shape index (κ3) is 7.07. The molecule has 0 aromatic carbocycles. The molecule has 0 aromatic rings. The first kappa shape index (κ1) is 15.8. The second-order valence-corrected chi connectivity index (χ2v) is 6.02. The summed E-state index contributed by atoms with van der Waals surface area (Å²) < 4.78 is 5.08. The fourth-order valence-corrected chi connectivity index (χ4v) is 2.15. The maximum atomic E-state index is 11.3. The van der Waals surface area contributed by atoms with Gasteiger partial charge in [-0.2, -0.15) is 0 Å². The lowest BCUT2D eigenvalue weighted by Gasteiger charge is -2.23. The van der Waals surface area contributed by atoms with Gasteiger partial charge in [-0.25, -0.2) is 4.79 Å². The second kappa shape index (κ2) is 7.40. The van der Waals surface area contributed by atoms with E-state index in [1.807, 2.05) is 20.8 Å². The Bertz CT molecular complexity index is 343. The number of nitrogens with one attached hydrogen (secondary N) is 1. The number of hydrogen-bond donors (Lipinski definition) is 2. The smallest absolute Gasteiger partial charge is 0.408 e. The first-order valence-corrected chi connectivity index (χ1v) is 7.02.